The monoisotopic (exact) mass is 436 g/mol. The fourth-order valence-corrected chi connectivity index (χ4v) is 3.89. The number of thioether (sulfide) groups is 1. The van der Waals surface area contributed by atoms with Crippen molar-refractivity contribution in [3.63, 3.8) is 0 Å². The van der Waals surface area contributed by atoms with E-state index in [0.29, 0.717) is 11.1 Å². The van der Waals surface area contributed by atoms with Gasteiger partial charge in [0, 0.05) is 62.1 Å². The molecule has 1 N–H and O–H groups in total. The van der Waals surface area contributed by atoms with Crippen LogP contribution in [-0.2, 0) is 4.79 Å². The maximum absolute atomic E-state index is 12.3. The highest BCUT2D eigenvalue weighted by atomic mass is 32.2. The minimum Gasteiger partial charge on any atom is -0.411 e. The van der Waals surface area contributed by atoms with Crippen LogP contribution in [0.5, 0.6) is 0 Å². The number of carbonyl (C=O) groups excluding carboxylic acids is 1. The summed E-state index contributed by atoms with van der Waals surface area (Å²) < 4.78 is 5.59. The van der Waals surface area contributed by atoms with Gasteiger partial charge in [0.1, 0.15) is 0 Å². The Hall–Kier alpha value is -3.17. The predicted octanol–water partition coefficient (Wildman–Crippen LogP) is 3.17. The molecule has 0 bridgehead atoms. The Labute approximate surface area is 185 Å². The number of aromatic nitrogens is 3. The molecule has 3 heterocycles. The summed E-state index contributed by atoms with van der Waals surface area (Å²) in [5.41, 5.74) is 2.73. The smallest absolute Gasteiger partial charge is 0.277 e. The number of nitrogens with zero attached hydrogens (tertiary/aromatic N) is 5. The molecule has 3 aromatic rings. The number of hydrogen-bond donors (Lipinski definition) is 1. The summed E-state index contributed by atoms with van der Waals surface area (Å²) in [7, 11) is 0. The van der Waals surface area contributed by atoms with Crippen molar-refractivity contribution in [3.05, 3.63) is 61.4 Å². The number of hydrogen-bond acceptors (Lipinski definition) is 8. The molecule has 1 aliphatic rings. The van der Waals surface area contributed by atoms with Gasteiger partial charge in [0.25, 0.3) is 5.22 Å². The van der Waals surface area contributed by atoms with Gasteiger partial charge >= 0.3 is 0 Å². The lowest BCUT2D eigenvalue weighted by molar-refractivity contribution is -0.113. The molecule has 1 aromatic carbocycles. The van der Waals surface area contributed by atoms with Crippen LogP contribution in [0.15, 0.2) is 71.1 Å². The van der Waals surface area contributed by atoms with Crippen LogP contribution >= 0.6 is 11.8 Å². The number of pyridine rings is 1. The van der Waals surface area contributed by atoms with Gasteiger partial charge in [-0.15, -0.1) is 16.8 Å². The third-order valence-electron chi connectivity index (χ3n) is 4.94. The number of amides is 1. The van der Waals surface area contributed by atoms with Crippen molar-refractivity contribution in [2.45, 2.75) is 5.22 Å². The molecule has 0 spiro atoms. The second-order valence-corrected chi connectivity index (χ2v) is 8.00. The van der Waals surface area contributed by atoms with E-state index in [-0.39, 0.29) is 11.7 Å². The van der Waals surface area contributed by atoms with Crippen LogP contribution in [0.1, 0.15) is 0 Å². The summed E-state index contributed by atoms with van der Waals surface area (Å²) >= 11 is 1.21. The third kappa shape index (κ3) is 5.71. The van der Waals surface area contributed by atoms with Crippen molar-refractivity contribution < 1.29 is 9.21 Å². The fourth-order valence-electron chi connectivity index (χ4n) is 3.33. The Morgan fingerprint density at radius 3 is 2.55 bits per heavy atom. The molecule has 160 valence electrons. The number of rotatable bonds is 8. The molecule has 1 aliphatic heterocycles. The summed E-state index contributed by atoms with van der Waals surface area (Å²) in [4.78, 5) is 21.0. The minimum absolute atomic E-state index is 0.126. The van der Waals surface area contributed by atoms with Crippen LogP contribution in [0.2, 0.25) is 0 Å². The average molecular weight is 437 g/mol. The molecule has 8 nitrogen and oxygen atoms in total. The average Bonchev–Trinajstić information content (AvgIpc) is 3.29. The van der Waals surface area contributed by atoms with E-state index in [2.05, 4.69) is 36.9 Å². The van der Waals surface area contributed by atoms with E-state index in [1.807, 2.05) is 30.3 Å². The molecule has 0 saturated carbocycles. The molecular formula is C22H24N6O2S. The molecule has 1 amide bonds. The highest BCUT2D eigenvalue weighted by Crippen LogP contribution is 2.23. The third-order valence-corrected chi connectivity index (χ3v) is 5.75. The lowest BCUT2D eigenvalue weighted by Crippen LogP contribution is -2.46. The van der Waals surface area contributed by atoms with Crippen molar-refractivity contribution in [1.29, 1.82) is 0 Å². The van der Waals surface area contributed by atoms with Crippen molar-refractivity contribution in [2.24, 2.45) is 0 Å². The summed E-state index contributed by atoms with van der Waals surface area (Å²) in [5, 5.41) is 11.3. The molecule has 0 atom stereocenters. The van der Waals surface area contributed by atoms with Gasteiger partial charge in [-0.2, -0.15) is 0 Å². The van der Waals surface area contributed by atoms with E-state index in [0.717, 1.165) is 44.0 Å². The summed E-state index contributed by atoms with van der Waals surface area (Å²) in [6.07, 6.45) is 5.27. The molecule has 4 rings (SSSR count). The van der Waals surface area contributed by atoms with E-state index in [4.69, 9.17) is 4.42 Å². The van der Waals surface area contributed by atoms with E-state index >= 15 is 0 Å². The van der Waals surface area contributed by atoms with Gasteiger partial charge < -0.3 is 14.6 Å². The summed E-state index contributed by atoms with van der Waals surface area (Å²) in [6, 6.07) is 11.5. The molecule has 0 aliphatic carbocycles. The van der Waals surface area contributed by atoms with Crippen LogP contribution < -0.4 is 10.2 Å². The van der Waals surface area contributed by atoms with E-state index in [9.17, 15) is 4.79 Å². The lowest BCUT2D eigenvalue weighted by Gasteiger charge is -2.35. The molecular weight excluding hydrogens is 412 g/mol. The molecule has 9 heteroatoms. The molecule has 31 heavy (non-hydrogen) atoms. The quantitative estimate of drug-likeness (QED) is 0.426. The first kappa shape index (κ1) is 21.1. The van der Waals surface area contributed by atoms with Crippen LogP contribution in [0, 0.1) is 0 Å². The molecule has 0 unspecified atom stereocenters. The number of anilines is 2. The van der Waals surface area contributed by atoms with Gasteiger partial charge in [-0.3, -0.25) is 14.7 Å². The molecule has 1 fully saturated rings. The zero-order chi connectivity index (χ0) is 21.5. The summed E-state index contributed by atoms with van der Waals surface area (Å²) in [6.45, 7) is 8.77. The fraction of sp³-hybridized carbons (Fsp3) is 0.273. The normalized spacial score (nSPS) is 14.4. The Kier molecular flexibility index (Phi) is 6.96. The van der Waals surface area contributed by atoms with Crippen molar-refractivity contribution in [2.75, 3.05) is 48.7 Å². The largest absolute Gasteiger partial charge is 0.411 e. The summed E-state index contributed by atoms with van der Waals surface area (Å²) in [5.74, 6) is 0.469. The van der Waals surface area contributed by atoms with Crippen molar-refractivity contribution in [3.8, 4) is 11.5 Å². The first-order valence-electron chi connectivity index (χ1n) is 10.1. The van der Waals surface area contributed by atoms with Gasteiger partial charge in [-0.1, -0.05) is 17.8 Å². The maximum atomic E-state index is 12.3. The standard InChI is InChI=1S/C22H24N6O2S/c1-2-11-27-12-14-28(15-13-27)19-5-3-18(4-6-19)24-20(29)16-31-22-26-25-21(30-22)17-7-9-23-10-8-17/h2-10H,1,11-16H2,(H,24,29). The van der Waals surface area contributed by atoms with E-state index in [1.54, 1.807) is 24.5 Å². The Bertz CT molecular complexity index is 1000. The van der Waals surface area contributed by atoms with Gasteiger partial charge in [0.2, 0.25) is 11.8 Å². The zero-order valence-electron chi connectivity index (χ0n) is 17.1. The van der Waals surface area contributed by atoms with Gasteiger partial charge in [0.15, 0.2) is 0 Å². The first-order valence-corrected chi connectivity index (χ1v) is 11.0. The predicted molar refractivity (Wildman–Crippen MR) is 122 cm³/mol. The highest BCUT2D eigenvalue weighted by molar-refractivity contribution is 7.99. The van der Waals surface area contributed by atoms with E-state index < -0.39 is 0 Å². The molecule has 0 radical (unpaired) electrons. The van der Waals surface area contributed by atoms with Crippen molar-refractivity contribution >= 4 is 29.0 Å². The van der Waals surface area contributed by atoms with Gasteiger partial charge in [0.05, 0.1) is 5.75 Å². The Morgan fingerprint density at radius 2 is 1.84 bits per heavy atom. The minimum atomic E-state index is -0.126. The lowest BCUT2D eigenvalue weighted by atomic mass is 10.2. The highest BCUT2D eigenvalue weighted by Gasteiger charge is 2.16. The second-order valence-electron chi connectivity index (χ2n) is 7.07. The van der Waals surface area contributed by atoms with Gasteiger partial charge in [-0.25, -0.2) is 0 Å². The number of carbonyl (C=O) groups is 1. The van der Waals surface area contributed by atoms with E-state index in [1.165, 1.54) is 17.4 Å². The topological polar surface area (TPSA) is 87.4 Å². The number of nitrogens with one attached hydrogen (secondary N) is 1. The van der Waals surface area contributed by atoms with Crippen molar-refractivity contribution in [1.82, 2.24) is 20.1 Å². The Morgan fingerprint density at radius 1 is 1.10 bits per heavy atom. The SMILES string of the molecule is C=CCN1CCN(c2ccc(NC(=O)CSc3nnc(-c4ccncc4)o3)cc2)CC1. The number of piperazine rings is 1. The zero-order valence-corrected chi connectivity index (χ0v) is 17.9. The van der Waals surface area contributed by atoms with Crippen LogP contribution in [0.3, 0.4) is 0 Å². The van der Waals surface area contributed by atoms with Crippen LogP contribution in [-0.4, -0.2) is 64.5 Å². The maximum Gasteiger partial charge on any atom is 0.277 e. The molecule has 2 aromatic heterocycles. The Balaban J connectivity index is 1.25. The van der Waals surface area contributed by atoms with Crippen LogP contribution in [0.25, 0.3) is 11.5 Å². The van der Waals surface area contributed by atoms with Crippen LogP contribution in [0.4, 0.5) is 11.4 Å². The van der Waals surface area contributed by atoms with Gasteiger partial charge in [-0.05, 0) is 36.4 Å². The second kappa shape index (κ2) is 10.2. The first-order chi connectivity index (χ1) is 15.2. The number of benzene rings is 1. The molecule has 1 saturated heterocycles.